The van der Waals surface area contributed by atoms with Crippen LogP contribution in [0.15, 0.2) is 0 Å². The van der Waals surface area contributed by atoms with Gasteiger partial charge in [0.25, 0.3) is 0 Å². The number of alkyl halides is 2. The van der Waals surface area contributed by atoms with E-state index in [-0.39, 0.29) is 3.74 Å². The molecule has 50 valence electrons. The van der Waals surface area contributed by atoms with Gasteiger partial charge in [-0.15, -0.1) is 0 Å². The van der Waals surface area contributed by atoms with E-state index >= 15 is 0 Å². The van der Waals surface area contributed by atoms with Crippen LogP contribution in [0.4, 0.5) is 0 Å². The molecule has 0 amide bonds. The zero-order chi connectivity index (χ0) is 6.57. The Morgan fingerprint density at radius 3 is 2.00 bits per heavy atom. The standard InChI is InChI=1S/C5H10Br2O/c1-4(2)8-3-5(6)7/h4-5H,3H2,1-2H3. The van der Waals surface area contributed by atoms with E-state index in [2.05, 4.69) is 31.9 Å². The lowest BCUT2D eigenvalue weighted by atomic mass is 10.5. The molecule has 0 aliphatic rings. The summed E-state index contributed by atoms with van der Waals surface area (Å²) in [6.45, 7) is 4.75. The zero-order valence-corrected chi connectivity index (χ0v) is 8.20. The van der Waals surface area contributed by atoms with Gasteiger partial charge >= 0.3 is 0 Å². The van der Waals surface area contributed by atoms with Crippen LogP contribution < -0.4 is 0 Å². The average molecular weight is 246 g/mol. The predicted octanol–water partition coefficient (Wildman–Crippen LogP) is 2.53. The van der Waals surface area contributed by atoms with Crippen molar-refractivity contribution in [1.29, 1.82) is 0 Å². The fourth-order valence-corrected chi connectivity index (χ4v) is 0.570. The van der Waals surface area contributed by atoms with Crippen molar-refractivity contribution in [1.82, 2.24) is 0 Å². The summed E-state index contributed by atoms with van der Waals surface area (Å²) in [6, 6.07) is 0. The van der Waals surface area contributed by atoms with E-state index in [1.54, 1.807) is 0 Å². The number of ether oxygens (including phenoxy) is 1. The molecule has 0 N–H and O–H groups in total. The van der Waals surface area contributed by atoms with Gasteiger partial charge in [-0.3, -0.25) is 0 Å². The Bertz CT molecular complexity index is 46.4. The minimum Gasteiger partial charge on any atom is -0.377 e. The molecule has 0 saturated heterocycles. The van der Waals surface area contributed by atoms with Gasteiger partial charge in [0.15, 0.2) is 0 Å². The van der Waals surface area contributed by atoms with Gasteiger partial charge in [-0.1, -0.05) is 31.9 Å². The third-order valence-corrected chi connectivity index (χ3v) is 1.08. The second kappa shape index (κ2) is 4.77. The predicted molar refractivity (Wildman–Crippen MR) is 42.7 cm³/mol. The normalized spacial score (nSPS) is 11.2. The monoisotopic (exact) mass is 244 g/mol. The van der Waals surface area contributed by atoms with Crippen molar-refractivity contribution in [2.75, 3.05) is 6.61 Å². The number of rotatable bonds is 3. The molecule has 0 heterocycles. The molecular weight excluding hydrogens is 236 g/mol. The maximum Gasteiger partial charge on any atom is 0.0930 e. The van der Waals surface area contributed by atoms with Crippen LogP contribution in [0.2, 0.25) is 0 Å². The molecule has 0 radical (unpaired) electrons. The first-order chi connectivity index (χ1) is 3.63. The van der Waals surface area contributed by atoms with E-state index < -0.39 is 0 Å². The Labute approximate surface area is 67.0 Å². The molecule has 0 bridgehead atoms. The molecule has 0 aliphatic heterocycles. The second-order valence-electron chi connectivity index (χ2n) is 1.77. The molecule has 0 atom stereocenters. The van der Waals surface area contributed by atoms with E-state index in [0.717, 1.165) is 6.61 Å². The van der Waals surface area contributed by atoms with Crippen LogP contribution in [-0.4, -0.2) is 16.4 Å². The highest BCUT2D eigenvalue weighted by molar-refractivity contribution is 9.24. The SMILES string of the molecule is CC(C)OCC(Br)Br. The van der Waals surface area contributed by atoms with Crippen LogP contribution in [0.5, 0.6) is 0 Å². The fraction of sp³-hybridized carbons (Fsp3) is 1.00. The summed E-state index contributed by atoms with van der Waals surface area (Å²) in [6.07, 6.45) is 0.326. The van der Waals surface area contributed by atoms with E-state index in [0.29, 0.717) is 6.10 Å². The molecule has 0 rings (SSSR count). The molecule has 0 unspecified atom stereocenters. The molecule has 0 aliphatic carbocycles. The van der Waals surface area contributed by atoms with Crippen LogP contribution in [0, 0.1) is 0 Å². The van der Waals surface area contributed by atoms with E-state index in [1.807, 2.05) is 13.8 Å². The molecule has 0 fully saturated rings. The highest BCUT2D eigenvalue weighted by Gasteiger charge is 1.98. The van der Waals surface area contributed by atoms with Crippen molar-refractivity contribution in [3.8, 4) is 0 Å². The minimum absolute atomic E-state index is 0.289. The summed E-state index contributed by atoms with van der Waals surface area (Å²) in [5.74, 6) is 0. The number of hydrogen-bond donors (Lipinski definition) is 0. The summed E-state index contributed by atoms with van der Waals surface area (Å²) in [7, 11) is 0. The Hall–Kier alpha value is 0.920. The first kappa shape index (κ1) is 8.92. The van der Waals surface area contributed by atoms with Crippen molar-refractivity contribution in [3.63, 3.8) is 0 Å². The fourth-order valence-electron chi connectivity index (χ4n) is 0.265. The van der Waals surface area contributed by atoms with Crippen molar-refractivity contribution >= 4 is 31.9 Å². The lowest BCUT2D eigenvalue weighted by molar-refractivity contribution is 0.0899. The number of halogens is 2. The molecular formula is C5H10Br2O. The Balaban J connectivity index is 2.93. The van der Waals surface area contributed by atoms with Gasteiger partial charge < -0.3 is 4.74 Å². The third kappa shape index (κ3) is 6.92. The Morgan fingerprint density at radius 1 is 1.38 bits per heavy atom. The molecule has 0 aromatic heterocycles. The van der Waals surface area contributed by atoms with Gasteiger partial charge in [-0.25, -0.2) is 0 Å². The minimum atomic E-state index is 0.289. The zero-order valence-electron chi connectivity index (χ0n) is 5.03. The van der Waals surface area contributed by atoms with Crippen LogP contribution in [0.3, 0.4) is 0 Å². The van der Waals surface area contributed by atoms with Crippen LogP contribution in [-0.2, 0) is 4.74 Å². The maximum absolute atomic E-state index is 5.21. The van der Waals surface area contributed by atoms with Gasteiger partial charge in [0.1, 0.15) is 0 Å². The summed E-state index contributed by atoms with van der Waals surface area (Å²) >= 11 is 6.59. The van der Waals surface area contributed by atoms with E-state index in [9.17, 15) is 0 Å². The van der Waals surface area contributed by atoms with E-state index in [1.165, 1.54) is 0 Å². The summed E-state index contributed by atoms with van der Waals surface area (Å²) in [4.78, 5) is 0. The first-order valence-electron chi connectivity index (χ1n) is 2.52. The van der Waals surface area contributed by atoms with Crippen LogP contribution in [0.25, 0.3) is 0 Å². The molecule has 0 spiro atoms. The van der Waals surface area contributed by atoms with Crippen molar-refractivity contribution in [3.05, 3.63) is 0 Å². The topological polar surface area (TPSA) is 9.23 Å². The summed E-state index contributed by atoms with van der Waals surface area (Å²) in [5.41, 5.74) is 0. The van der Waals surface area contributed by atoms with Gasteiger partial charge in [-0.2, -0.15) is 0 Å². The second-order valence-corrected chi connectivity index (χ2v) is 5.21. The highest BCUT2D eigenvalue weighted by Crippen LogP contribution is 2.08. The van der Waals surface area contributed by atoms with Gasteiger partial charge in [0.05, 0.1) is 16.4 Å². The van der Waals surface area contributed by atoms with Crippen molar-refractivity contribution in [2.24, 2.45) is 0 Å². The lowest BCUT2D eigenvalue weighted by Crippen LogP contribution is -2.07. The molecule has 0 aromatic carbocycles. The van der Waals surface area contributed by atoms with Gasteiger partial charge in [-0.05, 0) is 13.8 Å². The van der Waals surface area contributed by atoms with E-state index in [4.69, 9.17) is 4.74 Å². The average Bonchev–Trinajstić information content (AvgIpc) is 1.61. The largest absolute Gasteiger partial charge is 0.377 e. The van der Waals surface area contributed by atoms with Crippen LogP contribution in [0.1, 0.15) is 13.8 Å². The summed E-state index contributed by atoms with van der Waals surface area (Å²) < 4.78 is 5.50. The smallest absolute Gasteiger partial charge is 0.0930 e. The van der Waals surface area contributed by atoms with Crippen molar-refractivity contribution < 1.29 is 4.74 Å². The molecule has 0 saturated carbocycles. The summed E-state index contributed by atoms with van der Waals surface area (Å²) in [5, 5.41) is 0. The van der Waals surface area contributed by atoms with Gasteiger partial charge in [0.2, 0.25) is 0 Å². The molecule has 3 heteroatoms. The van der Waals surface area contributed by atoms with Gasteiger partial charge in [0, 0.05) is 0 Å². The van der Waals surface area contributed by atoms with Crippen LogP contribution >= 0.6 is 31.9 Å². The maximum atomic E-state index is 5.21. The quantitative estimate of drug-likeness (QED) is 0.695. The third-order valence-electron chi connectivity index (χ3n) is 0.556. The Morgan fingerprint density at radius 2 is 1.88 bits per heavy atom. The first-order valence-corrected chi connectivity index (χ1v) is 4.36. The molecule has 8 heavy (non-hydrogen) atoms. The van der Waals surface area contributed by atoms with Crippen molar-refractivity contribution in [2.45, 2.75) is 23.7 Å². The molecule has 0 aromatic rings. The molecule has 1 nitrogen and oxygen atoms in total. The lowest BCUT2D eigenvalue weighted by Gasteiger charge is -2.06. The highest BCUT2D eigenvalue weighted by atomic mass is 79.9. The number of hydrogen-bond acceptors (Lipinski definition) is 1. The Kier molecular flexibility index (Phi) is 5.31.